The predicted molar refractivity (Wildman–Crippen MR) is 149 cm³/mol. The summed E-state index contributed by atoms with van der Waals surface area (Å²) in [6, 6.07) is 9.11. The van der Waals surface area contributed by atoms with E-state index in [-0.39, 0.29) is 16.7 Å². The van der Waals surface area contributed by atoms with Crippen LogP contribution in [0.2, 0.25) is 0 Å². The van der Waals surface area contributed by atoms with Gasteiger partial charge in [0.05, 0.1) is 10.7 Å². The zero-order valence-corrected chi connectivity index (χ0v) is 23.2. The van der Waals surface area contributed by atoms with Gasteiger partial charge in [-0.05, 0) is 83.7 Å². The van der Waals surface area contributed by atoms with Gasteiger partial charge >= 0.3 is 0 Å². The van der Waals surface area contributed by atoms with Crippen molar-refractivity contribution in [2.45, 2.75) is 77.0 Å². The van der Waals surface area contributed by atoms with E-state index in [0.717, 1.165) is 36.5 Å². The van der Waals surface area contributed by atoms with E-state index in [1.54, 1.807) is 28.7 Å². The standard InChI is InChI=1S/C30H36N2OS2/c1-20-12-17-34-26(20)8-9-27(33)32-15-10-21(11-16-32)28-31-25(19-35-28)22-6-7-23-24(18-22)30(4,5)14-13-29(23,2)3/h6-9,12,17-19,21H,10-11,13-16H2,1-5H3/b9-8+. The van der Waals surface area contributed by atoms with E-state index in [1.807, 2.05) is 11.0 Å². The number of hydrogen-bond donors (Lipinski definition) is 0. The molecular formula is C30H36N2OS2. The Morgan fingerprint density at radius 1 is 1.03 bits per heavy atom. The zero-order valence-electron chi connectivity index (χ0n) is 21.6. The van der Waals surface area contributed by atoms with Crippen molar-refractivity contribution in [1.29, 1.82) is 0 Å². The second-order valence-corrected chi connectivity index (χ2v) is 13.3. The molecule has 3 nitrogen and oxygen atoms in total. The Balaban J connectivity index is 1.26. The molecule has 5 rings (SSSR count). The van der Waals surface area contributed by atoms with Crippen molar-refractivity contribution in [2.24, 2.45) is 0 Å². The average Bonchev–Trinajstić information content (AvgIpc) is 3.50. The summed E-state index contributed by atoms with van der Waals surface area (Å²) in [5, 5.41) is 5.51. The van der Waals surface area contributed by atoms with E-state index in [1.165, 1.54) is 40.1 Å². The number of aromatic nitrogens is 1. The maximum Gasteiger partial charge on any atom is 0.246 e. The fourth-order valence-electron chi connectivity index (χ4n) is 5.51. The Morgan fingerprint density at radius 2 is 1.74 bits per heavy atom. The molecule has 0 saturated carbocycles. The molecule has 2 aromatic heterocycles. The molecule has 0 bridgehead atoms. The maximum atomic E-state index is 12.7. The van der Waals surface area contributed by atoms with E-state index in [0.29, 0.717) is 5.92 Å². The molecule has 1 amide bonds. The maximum absolute atomic E-state index is 12.7. The number of benzene rings is 1. The highest BCUT2D eigenvalue weighted by atomic mass is 32.1. The minimum Gasteiger partial charge on any atom is -0.339 e. The van der Waals surface area contributed by atoms with Gasteiger partial charge in [0.25, 0.3) is 0 Å². The van der Waals surface area contributed by atoms with Gasteiger partial charge in [0, 0.05) is 40.9 Å². The summed E-state index contributed by atoms with van der Waals surface area (Å²) in [6.07, 6.45) is 8.12. The molecule has 1 fully saturated rings. The third-order valence-corrected chi connectivity index (χ3v) is 10.1. The lowest BCUT2D eigenvalue weighted by Crippen LogP contribution is -2.36. The molecule has 184 valence electrons. The zero-order chi connectivity index (χ0) is 24.8. The number of nitrogens with zero attached hydrogens (tertiary/aromatic N) is 2. The van der Waals surface area contributed by atoms with Gasteiger partial charge in [0.15, 0.2) is 0 Å². The lowest BCUT2D eigenvalue weighted by atomic mass is 9.63. The van der Waals surface area contributed by atoms with E-state index >= 15 is 0 Å². The summed E-state index contributed by atoms with van der Waals surface area (Å²) in [6.45, 7) is 13.2. The summed E-state index contributed by atoms with van der Waals surface area (Å²) in [4.78, 5) is 20.9. The van der Waals surface area contributed by atoms with Crippen LogP contribution in [0, 0.1) is 6.92 Å². The number of amides is 1. The number of thiazole rings is 1. The van der Waals surface area contributed by atoms with Crippen LogP contribution in [0.15, 0.2) is 41.1 Å². The first-order valence-electron chi connectivity index (χ1n) is 12.8. The van der Waals surface area contributed by atoms with Crippen molar-refractivity contribution < 1.29 is 4.79 Å². The van der Waals surface area contributed by atoms with E-state index in [4.69, 9.17) is 4.98 Å². The largest absolute Gasteiger partial charge is 0.339 e. The van der Waals surface area contributed by atoms with Gasteiger partial charge in [-0.3, -0.25) is 4.79 Å². The summed E-state index contributed by atoms with van der Waals surface area (Å²) in [7, 11) is 0. The fraction of sp³-hybridized carbons (Fsp3) is 0.467. The van der Waals surface area contributed by atoms with Crippen LogP contribution in [0.3, 0.4) is 0 Å². The molecule has 2 aliphatic rings. The smallest absolute Gasteiger partial charge is 0.246 e. The third kappa shape index (κ3) is 4.90. The minimum atomic E-state index is 0.121. The fourth-order valence-corrected chi connectivity index (χ4v) is 7.33. The average molecular weight is 505 g/mol. The van der Waals surface area contributed by atoms with Crippen LogP contribution in [0.25, 0.3) is 17.3 Å². The number of fused-ring (bicyclic) bond motifs is 1. The van der Waals surface area contributed by atoms with Crippen LogP contribution >= 0.6 is 22.7 Å². The second-order valence-electron chi connectivity index (χ2n) is 11.5. The number of piperidine rings is 1. The molecule has 5 heteroatoms. The first-order chi connectivity index (χ1) is 16.6. The first kappa shape index (κ1) is 24.5. The SMILES string of the molecule is Cc1ccsc1/C=C/C(=O)N1CCC(c2nc(-c3ccc4c(c3)C(C)(C)CCC4(C)C)cs2)CC1. The molecule has 1 aromatic carbocycles. The van der Waals surface area contributed by atoms with Crippen molar-refractivity contribution in [1.82, 2.24) is 9.88 Å². The molecule has 0 spiro atoms. The number of likely N-dealkylation sites (tertiary alicyclic amines) is 1. The lowest BCUT2D eigenvalue weighted by molar-refractivity contribution is -0.126. The van der Waals surface area contributed by atoms with Gasteiger partial charge in [0.2, 0.25) is 5.91 Å². The molecular weight excluding hydrogens is 468 g/mol. The summed E-state index contributed by atoms with van der Waals surface area (Å²) >= 11 is 3.46. The molecule has 0 unspecified atom stereocenters. The Kier molecular flexibility index (Phi) is 6.52. The number of carbonyl (C=O) groups excluding carboxylic acids is 1. The highest BCUT2D eigenvalue weighted by Gasteiger charge is 2.37. The quantitative estimate of drug-likeness (QED) is 0.338. The molecule has 0 atom stereocenters. The van der Waals surface area contributed by atoms with Crippen molar-refractivity contribution >= 4 is 34.7 Å². The first-order valence-corrected chi connectivity index (χ1v) is 14.5. The van der Waals surface area contributed by atoms with Crippen molar-refractivity contribution in [2.75, 3.05) is 13.1 Å². The molecule has 0 N–H and O–H groups in total. The molecule has 35 heavy (non-hydrogen) atoms. The van der Waals surface area contributed by atoms with Crippen LogP contribution in [0.5, 0.6) is 0 Å². The predicted octanol–water partition coefficient (Wildman–Crippen LogP) is 7.95. The van der Waals surface area contributed by atoms with Crippen molar-refractivity contribution in [3.63, 3.8) is 0 Å². The highest BCUT2D eigenvalue weighted by molar-refractivity contribution is 7.11. The van der Waals surface area contributed by atoms with Crippen LogP contribution in [0.1, 0.15) is 85.9 Å². The van der Waals surface area contributed by atoms with Gasteiger partial charge in [-0.15, -0.1) is 22.7 Å². The van der Waals surface area contributed by atoms with Crippen molar-refractivity contribution in [3.8, 4) is 11.3 Å². The van der Waals surface area contributed by atoms with E-state index in [2.05, 4.69) is 69.6 Å². The Labute approximate surface area is 217 Å². The monoisotopic (exact) mass is 504 g/mol. The Morgan fingerprint density at radius 3 is 2.43 bits per heavy atom. The molecule has 3 aromatic rings. The van der Waals surface area contributed by atoms with Crippen LogP contribution in [-0.2, 0) is 15.6 Å². The summed E-state index contributed by atoms with van der Waals surface area (Å²) in [5.74, 6) is 0.560. The minimum absolute atomic E-state index is 0.121. The summed E-state index contributed by atoms with van der Waals surface area (Å²) < 4.78 is 0. The van der Waals surface area contributed by atoms with Crippen LogP contribution in [-0.4, -0.2) is 28.9 Å². The lowest BCUT2D eigenvalue weighted by Gasteiger charge is -2.42. The van der Waals surface area contributed by atoms with Gasteiger partial charge in [-0.25, -0.2) is 4.98 Å². The number of hydrogen-bond acceptors (Lipinski definition) is 4. The van der Waals surface area contributed by atoms with Gasteiger partial charge in [-0.2, -0.15) is 0 Å². The molecule has 0 radical (unpaired) electrons. The number of carbonyl (C=O) groups is 1. The number of thiophene rings is 1. The van der Waals surface area contributed by atoms with Gasteiger partial charge < -0.3 is 4.90 Å². The van der Waals surface area contributed by atoms with Crippen LogP contribution in [0.4, 0.5) is 0 Å². The molecule has 3 heterocycles. The molecule has 1 aliphatic heterocycles. The highest BCUT2D eigenvalue weighted by Crippen LogP contribution is 2.47. The van der Waals surface area contributed by atoms with Gasteiger partial charge in [0.1, 0.15) is 0 Å². The summed E-state index contributed by atoms with van der Waals surface area (Å²) in [5.41, 5.74) is 6.98. The number of aryl methyl sites for hydroxylation is 1. The number of rotatable bonds is 4. The normalized spacial score (nSPS) is 19.7. The van der Waals surface area contributed by atoms with Crippen LogP contribution < -0.4 is 0 Å². The molecule has 1 aliphatic carbocycles. The van der Waals surface area contributed by atoms with Gasteiger partial charge in [-0.1, -0.05) is 39.8 Å². The van der Waals surface area contributed by atoms with E-state index < -0.39 is 0 Å². The van der Waals surface area contributed by atoms with Crippen molar-refractivity contribution in [3.05, 3.63) is 67.7 Å². The third-order valence-electron chi connectivity index (χ3n) is 8.11. The second kappa shape index (κ2) is 9.33. The Bertz CT molecular complexity index is 1250. The topological polar surface area (TPSA) is 33.2 Å². The Hall–Kier alpha value is -2.24. The van der Waals surface area contributed by atoms with E-state index in [9.17, 15) is 4.79 Å². The molecule has 1 saturated heterocycles.